The molecular formula is C15H19N3O2. The van der Waals surface area contributed by atoms with Crippen LogP contribution >= 0.6 is 0 Å². The Morgan fingerprint density at radius 2 is 2.10 bits per heavy atom. The highest BCUT2D eigenvalue weighted by Gasteiger charge is 2.41. The first-order valence-electron chi connectivity index (χ1n) is 7.06. The van der Waals surface area contributed by atoms with Gasteiger partial charge in [0, 0.05) is 24.7 Å². The van der Waals surface area contributed by atoms with Crippen molar-refractivity contribution in [2.75, 3.05) is 13.1 Å². The van der Waals surface area contributed by atoms with Crippen molar-refractivity contribution >= 4 is 11.8 Å². The summed E-state index contributed by atoms with van der Waals surface area (Å²) in [6.07, 6.45) is 2.07. The molecule has 0 saturated carbocycles. The van der Waals surface area contributed by atoms with Crippen LogP contribution in [0.25, 0.3) is 0 Å². The minimum Gasteiger partial charge on any atom is -0.366 e. The monoisotopic (exact) mass is 273 g/mol. The fourth-order valence-corrected chi connectivity index (χ4v) is 3.14. The molecule has 1 aromatic rings. The van der Waals surface area contributed by atoms with Crippen molar-refractivity contribution in [3.05, 3.63) is 35.4 Å². The van der Waals surface area contributed by atoms with Crippen LogP contribution in [0.15, 0.2) is 24.3 Å². The molecule has 3 N–H and O–H groups in total. The fourth-order valence-electron chi connectivity index (χ4n) is 3.14. The van der Waals surface area contributed by atoms with E-state index in [1.54, 1.807) is 12.1 Å². The zero-order chi connectivity index (χ0) is 14.1. The van der Waals surface area contributed by atoms with Crippen molar-refractivity contribution in [2.24, 2.45) is 11.7 Å². The van der Waals surface area contributed by atoms with Crippen LogP contribution in [0, 0.1) is 5.92 Å². The second-order valence-corrected chi connectivity index (χ2v) is 5.59. The van der Waals surface area contributed by atoms with Crippen molar-refractivity contribution in [2.45, 2.75) is 25.4 Å². The minimum absolute atomic E-state index is 0.147. The fraction of sp³-hybridized carbons (Fsp3) is 0.467. The average Bonchev–Trinajstić information content (AvgIpc) is 2.77. The molecule has 5 heteroatoms. The first-order valence-corrected chi connectivity index (χ1v) is 7.06. The Labute approximate surface area is 118 Å². The number of hydrogen-bond acceptors (Lipinski definition) is 3. The average molecular weight is 273 g/mol. The Morgan fingerprint density at radius 1 is 1.35 bits per heavy atom. The number of carbonyl (C=O) groups is 2. The number of likely N-dealkylation sites (tertiary alicyclic amines) is 1. The van der Waals surface area contributed by atoms with E-state index in [4.69, 9.17) is 5.73 Å². The van der Waals surface area contributed by atoms with Crippen molar-refractivity contribution in [1.82, 2.24) is 10.2 Å². The van der Waals surface area contributed by atoms with Gasteiger partial charge in [0.15, 0.2) is 0 Å². The molecule has 5 nitrogen and oxygen atoms in total. The third kappa shape index (κ3) is 2.41. The number of piperidine rings is 1. The van der Waals surface area contributed by atoms with E-state index in [0.29, 0.717) is 18.2 Å². The summed E-state index contributed by atoms with van der Waals surface area (Å²) in [6, 6.07) is 7.46. The van der Waals surface area contributed by atoms with Gasteiger partial charge in [0.1, 0.15) is 0 Å². The Morgan fingerprint density at radius 3 is 2.75 bits per heavy atom. The number of fused-ring (bicyclic) bond motifs is 1. The largest absolute Gasteiger partial charge is 0.366 e. The molecule has 2 aliphatic rings. The van der Waals surface area contributed by atoms with Crippen LogP contribution in [0.5, 0.6) is 0 Å². The molecule has 0 spiro atoms. The van der Waals surface area contributed by atoms with E-state index in [1.807, 2.05) is 17.0 Å². The molecule has 2 unspecified atom stereocenters. The summed E-state index contributed by atoms with van der Waals surface area (Å²) < 4.78 is 0. The molecule has 0 bridgehead atoms. The predicted octanol–water partition coefficient (Wildman–Crippen LogP) is 0.496. The Bertz CT molecular complexity index is 526. The number of benzene rings is 1. The molecule has 2 amide bonds. The molecule has 2 saturated heterocycles. The second kappa shape index (κ2) is 5.25. The standard InChI is InChI=1S/C15H19N3O2/c16-14(19)11-5-3-10(4-6-11)8-18-9-13-12(15(18)20)2-1-7-17-13/h3-6,12-13,17H,1-2,7-9H2,(H2,16,19). The topological polar surface area (TPSA) is 75.4 Å². The van der Waals surface area contributed by atoms with Crippen molar-refractivity contribution in [3.63, 3.8) is 0 Å². The van der Waals surface area contributed by atoms with E-state index < -0.39 is 5.91 Å². The molecule has 2 heterocycles. The summed E-state index contributed by atoms with van der Waals surface area (Å²) in [5.74, 6) is -0.0289. The number of carbonyl (C=O) groups excluding carboxylic acids is 2. The zero-order valence-corrected chi connectivity index (χ0v) is 11.3. The van der Waals surface area contributed by atoms with Gasteiger partial charge in [0.2, 0.25) is 11.8 Å². The second-order valence-electron chi connectivity index (χ2n) is 5.59. The molecule has 0 aromatic heterocycles. The van der Waals surface area contributed by atoms with Crippen LogP contribution in [-0.4, -0.2) is 35.8 Å². The van der Waals surface area contributed by atoms with Gasteiger partial charge in [-0.15, -0.1) is 0 Å². The molecule has 20 heavy (non-hydrogen) atoms. The number of nitrogens with zero attached hydrogens (tertiary/aromatic N) is 1. The highest BCUT2D eigenvalue weighted by molar-refractivity contribution is 5.92. The highest BCUT2D eigenvalue weighted by Crippen LogP contribution is 2.27. The van der Waals surface area contributed by atoms with Crippen LogP contribution in [-0.2, 0) is 11.3 Å². The summed E-state index contributed by atoms with van der Waals surface area (Å²) in [5, 5.41) is 3.43. The number of rotatable bonds is 3. The lowest BCUT2D eigenvalue weighted by atomic mass is 9.94. The maximum Gasteiger partial charge on any atom is 0.248 e. The molecule has 1 aromatic carbocycles. The quantitative estimate of drug-likeness (QED) is 0.842. The molecule has 3 rings (SSSR count). The smallest absolute Gasteiger partial charge is 0.248 e. The molecule has 0 aliphatic carbocycles. The number of hydrogen-bond donors (Lipinski definition) is 2. The first kappa shape index (κ1) is 13.1. The van der Waals surface area contributed by atoms with Crippen LogP contribution in [0.3, 0.4) is 0 Å². The molecule has 2 fully saturated rings. The minimum atomic E-state index is -0.427. The molecule has 2 aliphatic heterocycles. The van der Waals surface area contributed by atoms with Gasteiger partial charge in [-0.25, -0.2) is 0 Å². The normalized spacial score (nSPS) is 25.6. The number of primary amides is 1. The Hall–Kier alpha value is -1.88. The van der Waals surface area contributed by atoms with Gasteiger partial charge >= 0.3 is 0 Å². The third-order valence-electron chi connectivity index (χ3n) is 4.24. The van der Waals surface area contributed by atoms with Gasteiger partial charge in [-0.05, 0) is 37.1 Å². The van der Waals surface area contributed by atoms with Gasteiger partial charge in [-0.2, -0.15) is 0 Å². The van der Waals surface area contributed by atoms with E-state index in [-0.39, 0.29) is 11.8 Å². The van der Waals surface area contributed by atoms with E-state index in [9.17, 15) is 9.59 Å². The Kier molecular flexibility index (Phi) is 3.44. The molecule has 106 valence electrons. The zero-order valence-electron chi connectivity index (χ0n) is 11.3. The van der Waals surface area contributed by atoms with E-state index in [0.717, 1.165) is 31.5 Å². The van der Waals surface area contributed by atoms with E-state index in [2.05, 4.69) is 5.32 Å². The molecule has 2 atom stereocenters. The lowest BCUT2D eigenvalue weighted by molar-refractivity contribution is -0.131. The van der Waals surface area contributed by atoms with Crippen LogP contribution < -0.4 is 11.1 Å². The van der Waals surface area contributed by atoms with Crippen molar-refractivity contribution < 1.29 is 9.59 Å². The first-order chi connectivity index (χ1) is 9.65. The van der Waals surface area contributed by atoms with Crippen LogP contribution in [0.1, 0.15) is 28.8 Å². The van der Waals surface area contributed by atoms with Crippen LogP contribution in [0.4, 0.5) is 0 Å². The summed E-state index contributed by atoms with van der Waals surface area (Å²) in [7, 11) is 0. The number of amides is 2. The number of nitrogens with two attached hydrogens (primary N) is 1. The number of nitrogens with one attached hydrogen (secondary N) is 1. The summed E-state index contributed by atoms with van der Waals surface area (Å²) in [6.45, 7) is 2.39. The Balaban J connectivity index is 1.68. The highest BCUT2D eigenvalue weighted by atomic mass is 16.2. The van der Waals surface area contributed by atoms with Gasteiger partial charge < -0.3 is 16.0 Å². The van der Waals surface area contributed by atoms with Crippen molar-refractivity contribution in [3.8, 4) is 0 Å². The summed E-state index contributed by atoms with van der Waals surface area (Å²) >= 11 is 0. The molecule has 0 radical (unpaired) electrons. The predicted molar refractivity (Wildman–Crippen MR) is 74.9 cm³/mol. The van der Waals surface area contributed by atoms with Crippen LogP contribution in [0.2, 0.25) is 0 Å². The molecular weight excluding hydrogens is 254 g/mol. The van der Waals surface area contributed by atoms with Gasteiger partial charge in [0.05, 0.1) is 5.92 Å². The lowest BCUT2D eigenvalue weighted by Crippen LogP contribution is -2.41. The summed E-state index contributed by atoms with van der Waals surface area (Å²) in [4.78, 5) is 25.3. The summed E-state index contributed by atoms with van der Waals surface area (Å²) in [5.41, 5.74) is 6.74. The van der Waals surface area contributed by atoms with Gasteiger partial charge in [0.25, 0.3) is 0 Å². The third-order valence-corrected chi connectivity index (χ3v) is 4.24. The SMILES string of the molecule is NC(=O)c1ccc(CN2CC3NCCCC3C2=O)cc1. The lowest BCUT2D eigenvalue weighted by Gasteiger charge is -2.23. The van der Waals surface area contributed by atoms with Gasteiger partial charge in [-0.3, -0.25) is 9.59 Å². The van der Waals surface area contributed by atoms with E-state index >= 15 is 0 Å². The maximum atomic E-state index is 12.3. The van der Waals surface area contributed by atoms with Gasteiger partial charge in [-0.1, -0.05) is 12.1 Å². The maximum absolute atomic E-state index is 12.3. The van der Waals surface area contributed by atoms with Crippen molar-refractivity contribution in [1.29, 1.82) is 0 Å². The van der Waals surface area contributed by atoms with E-state index in [1.165, 1.54) is 0 Å².